The Balaban J connectivity index is 1.60. The quantitative estimate of drug-likeness (QED) is 0.289. The van der Waals surface area contributed by atoms with Crippen LogP contribution in [0, 0.1) is 0 Å². The van der Waals surface area contributed by atoms with Gasteiger partial charge in [0.05, 0.1) is 24.7 Å². The highest BCUT2D eigenvalue weighted by Gasteiger charge is 2.13. The van der Waals surface area contributed by atoms with Crippen LogP contribution in [0.25, 0.3) is 22.4 Å². The lowest BCUT2D eigenvalue weighted by molar-refractivity contribution is 0.281. The topological polar surface area (TPSA) is 36.3 Å². The number of fused-ring (bicyclic) bond motifs is 1. The minimum Gasteiger partial charge on any atom is -0.493 e. The van der Waals surface area contributed by atoms with Crippen molar-refractivity contribution in [3.63, 3.8) is 0 Å². The lowest BCUT2D eigenvalue weighted by atomic mass is 10.1. The Labute approximate surface area is 184 Å². The van der Waals surface area contributed by atoms with Crippen molar-refractivity contribution in [2.75, 3.05) is 13.7 Å². The number of para-hydroxylation sites is 2. The summed E-state index contributed by atoms with van der Waals surface area (Å²) in [6, 6.07) is 22.4. The summed E-state index contributed by atoms with van der Waals surface area (Å²) < 4.78 is 14.8. The average Bonchev–Trinajstić information content (AvgIpc) is 3.13. The van der Waals surface area contributed by atoms with Crippen LogP contribution >= 0.6 is 15.9 Å². The van der Waals surface area contributed by atoms with Crippen LogP contribution in [0.3, 0.4) is 0 Å². The first kappa shape index (κ1) is 20.2. The second kappa shape index (κ2) is 9.18. The highest BCUT2D eigenvalue weighted by molar-refractivity contribution is 9.10. The number of ether oxygens (including phenoxy) is 2. The number of methoxy groups -OCH3 is 1. The van der Waals surface area contributed by atoms with Crippen LogP contribution in [0.1, 0.15) is 5.56 Å². The summed E-state index contributed by atoms with van der Waals surface area (Å²) in [5, 5.41) is 0. The maximum atomic E-state index is 6.09. The Morgan fingerprint density at radius 2 is 1.90 bits per heavy atom. The number of hydrogen-bond donors (Lipinski definition) is 0. The average molecular weight is 463 g/mol. The third-order valence-corrected chi connectivity index (χ3v) is 5.41. The Kier molecular flexibility index (Phi) is 6.19. The summed E-state index contributed by atoms with van der Waals surface area (Å²) in [6.07, 6.45) is 2.68. The molecule has 0 atom stereocenters. The minimum atomic E-state index is 0.499. The molecule has 0 amide bonds. The highest BCUT2D eigenvalue weighted by Crippen LogP contribution is 2.30. The second-order valence-corrected chi connectivity index (χ2v) is 7.83. The van der Waals surface area contributed by atoms with Gasteiger partial charge in [0, 0.05) is 10.0 Å². The van der Waals surface area contributed by atoms with E-state index in [0.717, 1.165) is 50.4 Å². The molecule has 0 saturated carbocycles. The molecule has 0 spiro atoms. The largest absolute Gasteiger partial charge is 0.493 e. The first-order chi connectivity index (χ1) is 14.7. The maximum Gasteiger partial charge on any atom is 0.161 e. The van der Waals surface area contributed by atoms with Gasteiger partial charge in [-0.25, -0.2) is 4.98 Å². The van der Waals surface area contributed by atoms with Gasteiger partial charge in [-0.2, -0.15) is 0 Å². The van der Waals surface area contributed by atoms with Gasteiger partial charge in [0.25, 0.3) is 0 Å². The summed E-state index contributed by atoms with van der Waals surface area (Å²) in [5.74, 6) is 2.39. The molecule has 1 heterocycles. The minimum absolute atomic E-state index is 0.499. The third-order valence-electron chi connectivity index (χ3n) is 4.92. The molecule has 0 fully saturated rings. The fraction of sp³-hybridized carbons (Fsp3) is 0.160. The van der Waals surface area contributed by atoms with E-state index in [9.17, 15) is 0 Å². The van der Waals surface area contributed by atoms with Crippen LogP contribution in [0.2, 0.25) is 0 Å². The van der Waals surface area contributed by atoms with Gasteiger partial charge in [-0.05, 0) is 48.4 Å². The maximum absolute atomic E-state index is 6.09. The number of aromatic nitrogens is 2. The van der Waals surface area contributed by atoms with E-state index in [4.69, 9.17) is 14.5 Å². The molecule has 152 valence electrons. The van der Waals surface area contributed by atoms with E-state index in [1.54, 1.807) is 7.11 Å². The Morgan fingerprint density at radius 3 is 2.70 bits per heavy atom. The van der Waals surface area contributed by atoms with Gasteiger partial charge >= 0.3 is 0 Å². The van der Waals surface area contributed by atoms with Crippen molar-refractivity contribution in [1.82, 2.24) is 9.55 Å². The summed E-state index contributed by atoms with van der Waals surface area (Å²) in [5.41, 5.74) is 4.27. The molecule has 4 nitrogen and oxygen atoms in total. The first-order valence-corrected chi connectivity index (χ1v) is 10.6. The standard InChI is InChI=1S/C25H23BrN2O2/c1-3-7-18-12-13-23(24(16-18)29-2)30-15-14-28-22-11-5-4-10-21(22)27-25(28)19-8-6-9-20(26)17-19/h3-6,8-13,16-17H,1,7,14-15H2,2H3. The zero-order valence-corrected chi connectivity index (χ0v) is 18.4. The van der Waals surface area contributed by atoms with E-state index in [1.165, 1.54) is 0 Å². The number of imidazole rings is 1. The van der Waals surface area contributed by atoms with E-state index >= 15 is 0 Å². The molecule has 0 radical (unpaired) electrons. The number of hydrogen-bond acceptors (Lipinski definition) is 3. The van der Waals surface area contributed by atoms with Gasteiger partial charge in [-0.3, -0.25) is 0 Å². The fourth-order valence-electron chi connectivity index (χ4n) is 3.52. The summed E-state index contributed by atoms with van der Waals surface area (Å²) in [6.45, 7) is 4.96. The van der Waals surface area contributed by atoms with Crippen molar-refractivity contribution in [1.29, 1.82) is 0 Å². The molecule has 0 aliphatic rings. The molecule has 5 heteroatoms. The summed E-state index contributed by atoms with van der Waals surface area (Å²) in [7, 11) is 1.66. The van der Waals surface area contributed by atoms with Crippen LogP contribution < -0.4 is 9.47 Å². The van der Waals surface area contributed by atoms with Crippen molar-refractivity contribution in [3.05, 3.63) is 89.4 Å². The zero-order valence-electron chi connectivity index (χ0n) is 16.8. The van der Waals surface area contributed by atoms with Crippen molar-refractivity contribution >= 4 is 27.0 Å². The normalized spacial score (nSPS) is 10.9. The smallest absolute Gasteiger partial charge is 0.161 e. The van der Waals surface area contributed by atoms with E-state index < -0.39 is 0 Å². The molecule has 0 aliphatic heterocycles. The lowest BCUT2D eigenvalue weighted by Crippen LogP contribution is -2.10. The van der Waals surface area contributed by atoms with Crippen molar-refractivity contribution in [3.8, 4) is 22.9 Å². The molecule has 3 aromatic carbocycles. The number of allylic oxidation sites excluding steroid dienone is 1. The number of halogens is 1. The second-order valence-electron chi connectivity index (χ2n) is 6.91. The molecule has 4 aromatic rings. The van der Waals surface area contributed by atoms with Gasteiger partial charge in [-0.15, -0.1) is 6.58 Å². The van der Waals surface area contributed by atoms with Crippen LogP contribution in [-0.4, -0.2) is 23.3 Å². The number of benzene rings is 3. The van der Waals surface area contributed by atoms with Crippen LogP contribution in [0.5, 0.6) is 11.5 Å². The monoisotopic (exact) mass is 462 g/mol. The van der Waals surface area contributed by atoms with E-state index in [1.807, 2.05) is 54.6 Å². The predicted molar refractivity (Wildman–Crippen MR) is 125 cm³/mol. The zero-order chi connectivity index (χ0) is 20.9. The molecule has 0 bridgehead atoms. The molecular formula is C25H23BrN2O2. The van der Waals surface area contributed by atoms with Gasteiger partial charge in [0.15, 0.2) is 11.5 Å². The van der Waals surface area contributed by atoms with Gasteiger partial charge in [0.1, 0.15) is 12.4 Å². The summed E-state index contributed by atoms with van der Waals surface area (Å²) >= 11 is 3.56. The predicted octanol–water partition coefficient (Wildman–Crippen LogP) is 6.28. The van der Waals surface area contributed by atoms with Crippen LogP contribution in [0.15, 0.2) is 83.9 Å². The van der Waals surface area contributed by atoms with Crippen molar-refractivity contribution in [2.45, 2.75) is 13.0 Å². The van der Waals surface area contributed by atoms with Gasteiger partial charge < -0.3 is 14.0 Å². The van der Waals surface area contributed by atoms with Crippen molar-refractivity contribution < 1.29 is 9.47 Å². The van der Waals surface area contributed by atoms with E-state index in [2.05, 4.69) is 45.3 Å². The van der Waals surface area contributed by atoms with Crippen LogP contribution in [0.4, 0.5) is 0 Å². The number of nitrogens with zero attached hydrogens (tertiary/aromatic N) is 2. The fourth-order valence-corrected chi connectivity index (χ4v) is 3.92. The molecule has 1 aromatic heterocycles. The molecule has 30 heavy (non-hydrogen) atoms. The molecule has 0 unspecified atom stereocenters. The Bertz CT molecular complexity index is 1180. The molecule has 0 aliphatic carbocycles. The lowest BCUT2D eigenvalue weighted by Gasteiger charge is -2.14. The molecule has 4 rings (SSSR count). The SMILES string of the molecule is C=CCc1ccc(OCCn2c(-c3cccc(Br)c3)nc3ccccc32)c(OC)c1. The Hall–Kier alpha value is -3.05. The van der Waals surface area contributed by atoms with E-state index in [0.29, 0.717) is 13.2 Å². The third kappa shape index (κ3) is 4.26. The van der Waals surface area contributed by atoms with Gasteiger partial charge in [-0.1, -0.05) is 52.3 Å². The highest BCUT2D eigenvalue weighted by atomic mass is 79.9. The van der Waals surface area contributed by atoms with Gasteiger partial charge in [0.2, 0.25) is 0 Å². The first-order valence-electron chi connectivity index (χ1n) is 9.81. The molecule has 0 N–H and O–H groups in total. The Morgan fingerprint density at radius 1 is 1.03 bits per heavy atom. The van der Waals surface area contributed by atoms with Crippen LogP contribution in [-0.2, 0) is 13.0 Å². The number of rotatable bonds is 8. The molecular weight excluding hydrogens is 440 g/mol. The molecule has 0 saturated heterocycles. The van der Waals surface area contributed by atoms with Crippen molar-refractivity contribution in [2.24, 2.45) is 0 Å². The van der Waals surface area contributed by atoms with E-state index in [-0.39, 0.29) is 0 Å². The summed E-state index contributed by atoms with van der Waals surface area (Å²) in [4.78, 5) is 4.87.